The fraction of sp³-hybridized carbons (Fsp3) is 0.773. The molecule has 0 aliphatic carbocycles. The molecule has 3 heteroatoms. The van der Waals surface area contributed by atoms with Gasteiger partial charge in [0.05, 0.1) is 0 Å². The number of hydrogen-bond acceptors (Lipinski definition) is 3. The normalized spacial score (nSPS) is 13.1. The van der Waals surface area contributed by atoms with Gasteiger partial charge in [-0.25, -0.2) is 0 Å². The molecule has 0 aliphatic heterocycles. The van der Waals surface area contributed by atoms with Crippen LogP contribution in [0.3, 0.4) is 0 Å². The summed E-state index contributed by atoms with van der Waals surface area (Å²) in [4.78, 5) is 4.12. The Balaban J connectivity index is 2.61. The molecule has 1 heterocycles. The predicted molar refractivity (Wildman–Crippen MR) is 106 cm³/mol. The minimum Gasteiger partial charge on any atom is -0.350 e. The van der Waals surface area contributed by atoms with Crippen LogP contribution in [0.15, 0.2) is 24.5 Å². The molecule has 25 heavy (non-hydrogen) atoms. The number of nitrogens with zero attached hydrogens (tertiary/aromatic N) is 1. The quantitative estimate of drug-likeness (QED) is 0.280. The summed E-state index contributed by atoms with van der Waals surface area (Å²) in [5.74, 6) is -0.0494. The molecule has 3 nitrogen and oxygen atoms in total. The maximum absolute atomic E-state index is 6.08. The van der Waals surface area contributed by atoms with Gasteiger partial charge in [-0.1, -0.05) is 45.4 Å². The van der Waals surface area contributed by atoms with Crippen molar-refractivity contribution in [3.63, 3.8) is 0 Å². The van der Waals surface area contributed by atoms with E-state index in [9.17, 15) is 0 Å². The molecule has 1 aromatic rings. The second kappa shape index (κ2) is 13.3. The van der Waals surface area contributed by atoms with Crippen LogP contribution in [0.4, 0.5) is 0 Å². The molecule has 1 rings (SSSR count). The van der Waals surface area contributed by atoms with Crippen molar-refractivity contribution in [2.24, 2.45) is 5.92 Å². The van der Waals surface area contributed by atoms with Gasteiger partial charge in [0.1, 0.15) is 0 Å². The highest BCUT2D eigenvalue weighted by Gasteiger charge is 2.34. The zero-order valence-corrected chi connectivity index (χ0v) is 16.9. The molecule has 0 N–H and O–H groups in total. The Morgan fingerprint density at radius 1 is 0.880 bits per heavy atom. The van der Waals surface area contributed by atoms with E-state index in [0.29, 0.717) is 19.1 Å². The Bertz CT molecular complexity index is 415. The van der Waals surface area contributed by atoms with Gasteiger partial charge in [0.2, 0.25) is 0 Å². The van der Waals surface area contributed by atoms with Crippen molar-refractivity contribution in [2.45, 2.75) is 91.3 Å². The fourth-order valence-electron chi connectivity index (χ4n) is 3.58. The van der Waals surface area contributed by atoms with E-state index in [1.165, 1.54) is 50.5 Å². The topological polar surface area (TPSA) is 31.4 Å². The van der Waals surface area contributed by atoms with Crippen LogP contribution in [0.5, 0.6) is 0 Å². The largest absolute Gasteiger partial charge is 0.350 e. The standard InChI is InChI=1S/C22H39NO2/c1-5-8-9-10-11-12-13-21(22(4,24-6-2)25-7-3)15-14-20-16-18-23-19-17-20/h16-19,21H,5-15H2,1-4H3. The van der Waals surface area contributed by atoms with Gasteiger partial charge < -0.3 is 9.47 Å². The van der Waals surface area contributed by atoms with E-state index in [1.54, 1.807) is 0 Å². The van der Waals surface area contributed by atoms with Crippen molar-refractivity contribution < 1.29 is 9.47 Å². The summed E-state index contributed by atoms with van der Waals surface area (Å²) in [5, 5.41) is 0. The van der Waals surface area contributed by atoms with Crippen LogP contribution in [0.1, 0.15) is 84.6 Å². The van der Waals surface area contributed by atoms with Crippen LogP contribution in [0.25, 0.3) is 0 Å². The van der Waals surface area contributed by atoms with Crippen molar-refractivity contribution in [2.75, 3.05) is 13.2 Å². The van der Waals surface area contributed by atoms with Crippen molar-refractivity contribution in [3.8, 4) is 0 Å². The van der Waals surface area contributed by atoms with E-state index in [2.05, 4.69) is 44.8 Å². The molecular weight excluding hydrogens is 310 g/mol. The first-order valence-corrected chi connectivity index (χ1v) is 10.3. The Morgan fingerprint density at radius 3 is 2.08 bits per heavy atom. The average Bonchev–Trinajstić information content (AvgIpc) is 2.61. The highest BCUT2D eigenvalue weighted by Crippen LogP contribution is 2.32. The minimum atomic E-state index is -0.472. The van der Waals surface area contributed by atoms with Crippen molar-refractivity contribution in [1.82, 2.24) is 4.98 Å². The van der Waals surface area contributed by atoms with E-state index >= 15 is 0 Å². The summed E-state index contributed by atoms with van der Waals surface area (Å²) in [7, 11) is 0. The van der Waals surface area contributed by atoms with Crippen molar-refractivity contribution >= 4 is 0 Å². The Morgan fingerprint density at radius 2 is 1.48 bits per heavy atom. The lowest BCUT2D eigenvalue weighted by molar-refractivity contribution is -0.254. The second-order valence-corrected chi connectivity index (χ2v) is 7.03. The molecule has 144 valence electrons. The second-order valence-electron chi connectivity index (χ2n) is 7.03. The van der Waals surface area contributed by atoms with Gasteiger partial charge in [-0.2, -0.15) is 0 Å². The molecule has 0 aliphatic rings. The number of ether oxygens (including phenoxy) is 2. The third kappa shape index (κ3) is 8.82. The SMILES string of the molecule is CCCCCCCCC(CCc1ccncc1)C(C)(OCC)OCC. The van der Waals surface area contributed by atoms with Crippen LogP contribution in [0, 0.1) is 5.92 Å². The predicted octanol–water partition coefficient (Wildman–Crippen LogP) is 6.17. The molecule has 0 spiro atoms. The summed E-state index contributed by atoms with van der Waals surface area (Å²) < 4.78 is 12.2. The fourth-order valence-corrected chi connectivity index (χ4v) is 3.58. The molecule has 0 bridgehead atoms. The molecule has 0 radical (unpaired) electrons. The lowest BCUT2D eigenvalue weighted by atomic mass is 9.87. The first kappa shape index (κ1) is 22.1. The summed E-state index contributed by atoms with van der Waals surface area (Å²) in [6.45, 7) is 9.90. The van der Waals surface area contributed by atoms with E-state index in [1.807, 2.05) is 12.4 Å². The number of pyridine rings is 1. The molecule has 1 aromatic heterocycles. The third-order valence-corrected chi connectivity index (χ3v) is 5.04. The van der Waals surface area contributed by atoms with E-state index < -0.39 is 5.79 Å². The van der Waals surface area contributed by atoms with Gasteiger partial charge in [0.15, 0.2) is 5.79 Å². The smallest absolute Gasteiger partial charge is 0.168 e. The Kier molecular flexibility index (Phi) is 11.8. The Labute approximate surface area is 155 Å². The lowest BCUT2D eigenvalue weighted by Gasteiger charge is -2.37. The van der Waals surface area contributed by atoms with Crippen LogP contribution in [-0.4, -0.2) is 24.0 Å². The van der Waals surface area contributed by atoms with Crippen molar-refractivity contribution in [1.29, 1.82) is 0 Å². The number of aryl methyl sites for hydroxylation is 1. The van der Waals surface area contributed by atoms with E-state index in [-0.39, 0.29) is 0 Å². The van der Waals surface area contributed by atoms with Crippen LogP contribution >= 0.6 is 0 Å². The van der Waals surface area contributed by atoms with E-state index in [4.69, 9.17) is 9.47 Å². The van der Waals surface area contributed by atoms with Gasteiger partial charge in [-0.15, -0.1) is 0 Å². The molecule has 1 unspecified atom stereocenters. The summed E-state index contributed by atoms with van der Waals surface area (Å²) in [6.07, 6.45) is 15.0. The van der Waals surface area contributed by atoms with Crippen molar-refractivity contribution in [3.05, 3.63) is 30.1 Å². The lowest BCUT2D eigenvalue weighted by Crippen LogP contribution is -2.41. The van der Waals surface area contributed by atoms with Crippen LogP contribution in [-0.2, 0) is 15.9 Å². The molecular formula is C22H39NO2. The number of rotatable bonds is 15. The molecule has 0 saturated heterocycles. The van der Waals surface area contributed by atoms with Gasteiger partial charge >= 0.3 is 0 Å². The highest BCUT2D eigenvalue weighted by molar-refractivity contribution is 5.09. The van der Waals surface area contributed by atoms with Gasteiger partial charge in [0.25, 0.3) is 0 Å². The molecule has 1 atom stereocenters. The first-order chi connectivity index (χ1) is 12.2. The van der Waals surface area contributed by atoms with Crippen LogP contribution < -0.4 is 0 Å². The summed E-state index contributed by atoms with van der Waals surface area (Å²) in [6, 6.07) is 4.22. The highest BCUT2D eigenvalue weighted by atomic mass is 16.7. The zero-order chi connectivity index (χ0) is 18.4. The molecule has 0 aromatic carbocycles. The minimum absolute atomic E-state index is 0.423. The molecule has 0 amide bonds. The number of unbranched alkanes of at least 4 members (excludes halogenated alkanes) is 5. The third-order valence-electron chi connectivity index (χ3n) is 5.04. The van der Waals surface area contributed by atoms with Crippen LogP contribution in [0.2, 0.25) is 0 Å². The maximum atomic E-state index is 6.08. The number of aromatic nitrogens is 1. The molecule has 0 saturated carbocycles. The molecule has 0 fully saturated rings. The van der Waals surface area contributed by atoms with Gasteiger partial charge in [-0.3, -0.25) is 4.98 Å². The first-order valence-electron chi connectivity index (χ1n) is 10.3. The number of hydrogen-bond donors (Lipinski definition) is 0. The zero-order valence-electron chi connectivity index (χ0n) is 16.9. The summed E-state index contributed by atoms with van der Waals surface area (Å²) >= 11 is 0. The Hall–Kier alpha value is -0.930. The van der Waals surface area contributed by atoms with Gasteiger partial charge in [-0.05, 0) is 57.7 Å². The monoisotopic (exact) mass is 349 g/mol. The average molecular weight is 350 g/mol. The van der Waals surface area contributed by atoms with E-state index in [0.717, 1.165) is 12.8 Å². The van der Waals surface area contributed by atoms with Gasteiger partial charge in [0, 0.05) is 31.5 Å². The summed E-state index contributed by atoms with van der Waals surface area (Å²) in [5.41, 5.74) is 1.35. The maximum Gasteiger partial charge on any atom is 0.168 e.